The number of nitrogens with one attached hydrogen (secondary N) is 2. The van der Waals surface area contributed by atoms with Gasteiger partial charge >= 0.3 is 0 Å². The Labute approximate surface area is 175 Å². The van der Waals surface area contributed by atoms with Gasteiger partial charge < -0.3 is 4.74 Å². The average Bonchev–Trinajstić information content (AvgIpc) is 2.73. The zero-order valence-electron chi connectivity index (χ0n) is 16.3. The Morgan fingerprint density at radius 3 is 1.96 bits per heavy atom. The highest BCUT2D eigenvalue weighted by atomic mass is 79.9. The third-order valence-electron chi connectivity index (χ3n) is 4.54. The Kier molecular flexibility index (Phi) is 9.01. The summed E-state index contributed by atoms with van der Waals surface area (Å²) < 4.78 is 6.73. The van der Waals surface area contributed by atoms with Crippen LogP contribution < -0.4 is 15.6 Å². The van der Waals surface area contributed by atoms with E-state index in [1.807, 2.05) is 0 Å². The number of amides is 2. The van der Waals surface area contributed by atoms with Crippen molar-refractivity contribution in [2.24, 2.45) is 5.92 Å². The predicted molar refractivity (Wildman–Crippen MR) is 114 cm³/mol. The zero-order valence-corrected chi connectivity index (χ0v) is 17.9. The Morgan fingerprint density at radius 1 is 0.929 bits per heavy atom. The van der Waals surface area contributed by atoms with Crippen molar-refractivity contribution in [3.8, 4) is 5.75 Å². The molecule has 0 aliphatic carbocycles. The molecule has 28 heavy (non-hydrogen) atoms. The number of halogens is 1. The van der Waals surface area contributed by atoms with E-state index < -0.39 is 0 Å². The lowest BCUT2D eigenvalue weighted by Crippen LogP contribution is -2.41. The van der Waals surface area contributed by atoms with Crippen LogP contribution in [-0.2, 0) is 0 Å². The summed E-state index contributed by atoms with van der Waals surface area (Å²) in [5.74, 6) is 0.534. The third kappa shape index (κ3) is 7.00. The summed E-state index contributed by atoms with van der Waals surface area (Å²) in [5.41, 5.74) is 5.74. The Morgan fingerprint density at radius 2 is 1.46 bits per heavy atom. The molecule has 0 heterocycles. The monoisotopic (exact) mass is 446 g/mol. The predicted octanol–water partition coefficient (Wildman–Crippen LogP) is 5.12. The van der Waals surface area contributed by atoms with Crippen LogP contribution in [0.5, 0.6) is 5.75 Å². The second kappa shape index (κ2) is 11.5. The van der Waals surface area contributed by atoms with Crippen LogP contribution in [0.15, 0.2) is 53.0 Å². The number of hydrogen-bond acceptors (Lipinski definition) is 3. The number of hydrazine groups is 1. The molecule has 0 bridgehead atoms. The molecule has 6 heteroatoms. The quantitative estimate of drug-likeness (QED) is 0.525. The van der Waals surface area contributed by atoms with Crippen molar-refractivity contribution in [3.63, 3.8) is 0 Å². The fourth-order valence-electron chi connectivity index (χ4n) is 2.67. The van der Waals surface area contributed by atoms with E-state index in [0.717, 1.165) is 16.6 Å². The first-order chi connectivity index (χ1) is 13.5. The molecule has 2 aromatic rings. The van der Waals surface area contributed by atoms with Crippen LogP contribution in [0.1, 0.15) is 60.2 Å². The number of carbonyl (C=O) groups excluding carboxylic acids is 2. The van der Waals surface area contributed by atoms with Gasteiger partial charge in [0, 0.05) is 15.6 Å². The molecule has 0 aromatic heterocycles. The summed E-state index contributed by atoms with van der Waals surface area (Å²) in [6, 6.07) is 13.8. The normalized spacial score (nSPS) is 11.5. The minimum absolute atomic E-state index is 0.376. The van der Waals surface area contributed by atoms with Gasteiger partial charge in [0.25, 0.3) is 11.8 Å². The molecule has 0 radical (unpaired) electrons. The number of rotatable bonds is 9. The van der Waals surface area contributed by atoms with Crippen LogP contribution in [-0.4, -0.2) is 18.4 Å². The van der Waals surface area contributed by atoms with E-state index in [0.29, 0.717) is 23.7 Å². The lowest BCUT2D eigenvalue weighted by Gasteiger charge is -2.15. The molecule has 2 aromatic carbocycles. The van der Waals surface area contributed by atoms with Gasteiger partial charge in [-0.15, -0.1) is 0 Å². The van der Waals surface area contributed by atoms with E-state index >= 15 is 0 Å². The van der Waals surface area contributed by atoms with Crippen molar-refractivity contribution < 1.29 is 14.3 Å². The SMILES string of the molecule is CCCC[C@@H](CC)COc1ccc(C(=O)NNC(=O)c2ccc(Br)cc2)cc1. The van der Waals surface area contributed by atoms with E-state index in [9.17, 15) is 9.59 Å². The molecule has 0 saturated heterocycles. The van der Waals surface area contributed by atoms with Crippen LogP contribution in [0.2, 0.25) is 0 Å². The van der Waals surface area contributed by atoms with Crippen LogP contribution in [0.4, 0.5) is 0 Å². The average molecular weight is 447 g/mol. The molecule has 150 valence electrons. The maximum atomic E-state index is 12.2. The molecule has 0 aliphatic heterocycles. The van der Waals surface area contributed by atoms with Crippen molar-refractivity contribution in [1.82, 2.24) is 10.9 Å². The molecule has 5 nitrogen and oxygen atoms in total. The van der Waals surface area contributed by atoms with Gasteiger partial charge in [0.05, 0.1) is 6.61 Å². The van der Waals surface area contributed by atoms with Gasteiger partial charge in [0.15, 0.2) is 0 Å². The first-order valence-electron chi connectivity index (χ1n) is 9.62. The largest absolute Gasteiger partial charge is 0.493 e. The molecule has 2 amide bonds. The van der Waals surface area contributed by atoms with Gasteiger partial charge in [-0.2, -0.15) is 0 Å². The second-order valence-electron chi connectivity index (χ2n) is 6.67. The number of ether oxygens (including phenoxy) is 1. The molecule has 0 fully saturated rings. The summed E-state index contributed by atoms with van der Waals surface area (Å²) in [5, 5.41) is 0. The van der Waals surface area contributed by atoms with Crippen LogP contribution in [0, 0.1) is 5.92 Å². The highest BCUT2D eigenvalue weighted by Gasteiger charge is 2.10. The summed E-state index contributed by atoms with van der Waals surface area (Å²) in [4.78, 5) is 24.2. The van der Waals surface area contributed by atoms with Crippen molar-refractivity contribution in [1.29, 1.82) is 0 Å². The lowest BCUT2D eigenvalue weighted by molar-refractivity contribution is 0.0846. The van der Waals surface area contributed by atoms with E-state index in [1.54, 1.807) is 48.5 Å². The number of benzene rings is 2. The third-order valence-corrected chi connectivity index (χ3v) is 5.07. The van der Waals surface area contributed by atoms with E-state index in [1.165, 1.54) is 19.3 Å². The van der Waals surface area contributed by atoms with Gasteiger partial charge in [-0.1, -0.05) is 49.0 Å². The van der Waals surface area contributed by atoms with E-state index in [4.69, 9.17) is 4.74 Å². The lowest BCUT2D eigenvalue weighted by atomic mass is 10.0. The second-order valence-corrected chi connectivity index (χ2v) is 7.58. The molecule has 0 aliphatic rings. The van der Waals surface area contributed by atoms with Crippen LogP contribution in [0.3, 0.4) is 0 Å². The number of hydrogen-bond donors (Lipinski definition) is 2. The first kappa shape index (κ1) is 22.0. The topological polar surface area (TPSA) is 67.4 Å². The summed E-state index contributed by atoms with van der Waals surface area (Å²) in [6.45, 7) is 5.06. The van der Waals surface area contributed by atoms with Gasteiger partial charge in [0.2, 0.25) is 0 Å². The molecule has 2 rings (SSSR count). The highest BCUT2D eigenvalue weighted by Crippen LogP contribution is 2.17. The maximum Gasteiger partial charge on any atom is 0.269 e. The van der Waals surface area contributed by atoms with Crippen molar-refractivity contribution >= 4 is 27.7 Å². The number of unbranched alkanes of at least 4 members (excludes halogenated alkanes) is 1. The van der Waals surface area contributed by atoms with Crippen molar-refractivity contribution in [2.45, 2.75) is 39.5 Å². The highest BCUT2D eigenvalue weighted by molar-refractivity contribution is 9.10. The van der Waals surface area contributed by atoms with Gasteiger partial charge in [-0.25, -0.2) is 0 Å². The standard InChI is InChI=1S/C22H27BrN2O3/c1-3-5-6-16(4-2)15-28-20-13-9-18(10-14-20)22(27)25-24-21(26)17-7-11-19(23)12-8-17/h7-14,16H,3-6,15H2,1-2H3,(H,24,26)(H,25,27)/t16-/m1/s1. The molecule has 2 N–H and O–H groups in total. The Bertz CT molecular complexity index is 760. The Balaban J connectivity index is 1.82. The maximum absolute atomic E-state index is 12.2. The minimum atomic E-state index is -0.383. The first-order valence-corrected chi connectivity index (χ1v) is 10.4. The fraction of sp³-hybridized carbons (Fsp3) is 0.364. The van der Waals surface area contributed by atoms with Crippen LogP contribution >= 0.6 is 15.9 Å². The molecule has 0 unspecified atom stereocenters. The summed E-state index contributed by atoms with van der Waals surface area (Å²) in [6.07, 6.45) is 4.68. The van der Waals surface area contributed by atoms with Crippen molar-refractivity contribution in [2.75, 3.05) is 6.61 Å². The molecular weight excluding hydrogens is 420 g/mol. The minimum Gasteiger partial charge on any atom is -0.493 e. The molecule has 0 saturated carbocycles. The molecule has 1 atom stereocenters. The van der Waals surface area contributed by atoms with Gasteiger partial charge in [-0.3, -0.25) is 20.4 Å². The fourth-order valence-corrected chi connectivity index (χ4v) is 2.94. The van der Waals surface area contributed by atoms with Crippen molar-refractivity contribution in [3.05, 3.63) is 64.1 Å². The smallest absolute Gasteiger partial charge is 0.269 e. The Hall–Kier alpha value is -2.34. The van der Waals surface area contributed by atoms with E-state index in [-0.39, 0.29) is 11.8 Å². The molecule has 0 spiro atoms. The molecular formula is C22H27BrN2O3. The summed E-state index contributed by atoms with van der Waals surface area (Å²) >= 11 is 3.32. The van der Waals surface area contributed by atoms with Crippen LogP contribution in [0.25, 0.3) is 0 Å². The van der Waals surface area contributed by atoms with E-state index in [2.05, 4.69) is 40.6 Å². The number of carbonyl (C=O) groups is 2. The van der Waals surface area contributed by atoms with Gasteiger partial charge in [-0.05, 0) is 60.9 Å². The van der Waals surface area contributed by atoms with Gasteiger partial charge in [0.1, 0.15) is 5.75 Å². The zero-order chi connectivity index (χ0) is 20.4. The summed E-state index contributed by atoms with van der Waals surface area (Å²) in [7, 11) is 0.